The van der Waals surface area contributed by atoms with E-state index in [2.05, 4.69) is 5.10 Å². The number of methoxy groups -OCH3 is 1. The lowest BCUT2D eigenvalue weighted by molar-refractivity contribution is 0.0681. The van der Waals surface area contributed by atoms with E-state index >= 15 is 0 Å². The van der Waals surface area contributed by atoms with Gasteiger partial charge in [-0.2, -0.15) is 5.10 Å². The minimum absolute atomic E-state index is 0.00193. The molecule has 1 fully saturated rings. The number of hydrogen-bond donors (Lipinski definition) is 1. The zero-order valence-electron chi connectivity index (χ0n) is 12.5. The fourth-order valence-electron chi connectivity index (χ4n) is 2.70. The van der Waals surface area contributed by atoms with Crippen molar-refractivity contribution in [3.05, 3.63) is 36.0 Å². The number of carbonyl (C=O) groups is 1. The second-order valence-electron chi connectivity index (χ2n) is 5.45. The van der Waals surface area contributed by atoms with Gasteiger partial charge in [-0.1, -0.05) is 0 Å². The monoisotopic (exact) mass is 336 g/mol. The van der Waals surface area contributed by atoms with Crippen LogP contribution in [-0.2, 0) is 9.84 Å². The highest BCUT2D eigenvalue weighted by Gasteiger charge is 2.32. The molecule has 122 valence electrons. The number of carboxylic acids is 1. The normalized spacial score (nSPS) is 19.6. The molecule has 0 unspecified atom stereocenters. The summed E-state index contributed by atoms with van der Waals surface area (Å²) < 4.78 is 29.7. The number of sulfone groups is 1. The standard InChI is InChI=1S/C15H16N2O5S/c1-22-12-4-2-10(3-5-12)13-8-14(15(18)19)17(16-13)11-6-7-23(20,21)9-11/h2-5,8,11H,6-7,9H2,1H3,(H,18,19)/t11-/m0/s1. The van der Waals surface area contributed by atoms with E-state index in [1.54, 1.807) is 31.4 Å². The van der Waals surface area contributed by atoms with Gasteiger partial charge in [0, 0.05) is 5.56 Å². The number of aromatic carboxylic acids is 1. The number of ether oxygens (including phenoxy) is 1. The summed E-state index contributed by atoms with van der Waals surface area (Å²) in [6.45, 7) is 0. The Morgan fingerprint density at radius 3 is 2.57 bits per heavy atom. The minimum Gasteiger partial charge on any atom is -0.497 e. The Hall–Kier alpha value is -2.35. The first kappa shape index (κ1) is 15.5. The molecule has 1 saturated heterocycles. The third-order valence-corrected chi connectivity index (χ3v) is 5.65. The van der Waals surface area contributed by atoms with Crippen LogP contribution >= 0.6 is 0 Å². The Bertz CT molecular complexity index is 839. The second kappa shape index (κ2) is 5.69. The van der Waals surface area contributed by atoms with E-state index in [1.807, 2.05) is 0 Å². The Kier molecular flexibility index (Phi) is 3.85. The molecule has 1 N–H and O–H groups in total. The molecule has 23 heavy (non-hydrogen) atoms. The van der Waals surface area contributed by atoms with Crippen LogP contribution in [0.3, 0.4) is 0 Å². The first-order valence-corrected chi connectivity index (χ1v) is 8.89. The van der Waals surface area contributed by atoms with E-state index in [0.717, 1.165) is 5.56 Å². The van der Waals surface area contributed by atoms with Crippen molar-refractivity contribution in [2.24, 2.45) is 0 Å². The third kappa shape index (κ3) is 3.07. The summed E-state index contributed by atoms with van der Waals surface area (Å²) in [5.74, 6) is -0.444. The van der Waals surface area contributed by atoms with Crippen LogP contribution < -0.4 is 4.74 Å². The molecule has 0 aliphatic carbocycles. The molecule has 1 aromatic carbocycles. The van der Waals surface area contributed by atoms with Crippen LogP contribution in [0.2, 0.25) is 0 Å². The van der Waals surface area contributed by atoms with Crippen molar-refractivity contribution in [2.75, 3.05) is 18.6 Å². The quantitative estimate of drug-likeness (QED) is 0.911. The molecule has 1 aromatic heterocycles. The number of nitrogens with zero attached hydrogens (tertiary/aromatic N) is 2. The van der Waals surface area contributed by atoms with E-state index in [-0.39, 0.29) is 17.2 Å². The molecule has 1 aliphatic rings. The topological polar surface area (TPSA) is 98.5 Å². The minimum atomic E-state index is -3.12. The largest absolute Gasteiger partial charge is 0.497 e. The molecule has 0 saturated carbocycles. The molecule has 1 aliphatic heterocycles. The summed E-state index contributed by atoms with van der Waals surface area (Å²) in [7, 11) is -1.56. The summed E-state index contributed by atoms with van der Waals surface area (Å²) in [6.07, 6.45) is 0.381. The Labute approximate surface area is 133 Å². The predicted octanol–water partition coefficient (Wildman–Crippen LogP) is 1.62. The molecular weight excluding hydrogens is 320 g/mol. The summed E-state index contributed by atoms with van der Waals surface area (Å²) in [5, 5.41) is 13.7. The third-order valence-electron chi connectivity index (χ3n) is 3.89. The van der Waals surface area contributed by atoms with Crippen LogP contribution in [-0.4, -0.2) is 47.9 Å². The summed E-state index contributed by atoms with van der Waals surface area (Å²) in [5.41, 5.74) is 1.24. The summed E-state index contributed by atoms with van der Waals surface area (Å²) in [4.78, 5) is 11.5. The van der Waals surface area contributed by atoms with E-state index in [1.165, 1.54) is 10.7 Å². The van der Waals surface area contributed by atoms with E-state index in [0.29, 0.717) is 17.9 Å². The second-order valence-corrected chi connectivity index (χ2v) is 7.68. The zero-order valence-corrected chi connectivity index (χ0v) is 13.3. The first-order chi connectivity index (χ1) is 10.9. The van der Waals surface area contributed by atoms with Gasteiger partial charge in [-0.3, -0.25) is 4.68 Å². The summed E-state index contributed by atoms with van der Waals surface area (Å²) >= 11 is 0. The van der Waals surface area contributed by atoms with E-state index < -0.39 is 21.8 Å². The van der Waals surface area contributed by atoms with Crippen molar-refractivity contribution in [3.8, 4) is 17.0 Å². The van der Waals surface area contributed by atoms with Crippen molar-refractivity contribution in [1.29, 1.82) is 0 Å². The van der Waals surface area contributed by atoms with E-state index in [4.69, 9.17) is 4.74 Å². The molecular formula is C15H16N2O5S. The smallest absolute Gasteiger partial charge is 0.354 e. The highest BCUT2D eigenvalue weighted by Crippen LogP contribution is 2.28. The lowest BCUT2D eigenvalue weighted by Gasteiger charge is -2.10. The van der Waals surface area contributed by atoms with Crippen LogP contribution in [0, 0.1) is 0 Å². The molecule has 2 heterocycles. The number of rotatable bonds is 4. The van der Waals surface area contributed by atoms with Gasteiger partial charge >= 0.3 is 5.97 Å². The molecule has 8 heteroatoms. The average molecular weight is 336 g/mol. The molecule has 0 radical (unpaired) electrons. The molecule has 0 bridgehead atoms. The van der Waals surface area contributed by atoms with Crippen molar-refractivity contribution in [3.63, 3.8) is 0 Å². The predicted molar refractivity (Wildman–Crippen MR) is 83.5 cm³/mol. The van der Waals surface area contributed by atoms with Crippen LogP contribution in [0.1, 0.15) is 23.0 Å². The maximum absolute atomic E-state index is 11.6. The number of carboxylic acid groups (broad SMARTS) is 1. The molecule has 1 atom stereocenters. The molecule has 2 aromatic rings. The number of hydrogen-bond acceptors (Lipinski definition) is 5. The van der Waals surface area contributed by atoms with Crippen LogP contribution in [0.4, 0.5) is 0 Å². The van der Waals surface area contributed by atoms with Crippen molar-refractivity contribution < 1.29 is 23.1 Å². The maximum atomic E-state index is 11.6. The van der Waals surface area contributed by atoms with Crippen LogP contribution in [0.5, 0.6) is 5.75 Å². The van der Waals surface area contributed by atoms with Crippen molar-refractivity contribution in [2.45, 2.75) is 12.5 Å². The van der Waals surface area contributed by atoms with Gasteiger partial charge in [-0.25, -0.2) is 13.2 Å². The van der Waals surface area contributed by atoms with Crippen LogP contribution in [0.25, 0.3) is 11.3 Å². The van der Waals surface area contributed by atoms with E-state index in [9.17, 15) is 18.3 Å². The van der Waals surface area contributed by atoms with Gasteiger partial charge in [0.15, 0.2) is 9.84 Å². The Morgan fingerprint density at radius 2 is 2.04 bits per heavy atom. The highest BCUT2D eigenvalue weighted by atomic mass is 32.2. The molecule has 7 nitrogen and oxygen atoms in total. The zero-order chi connectivity index (χ0) is 16.6. The van der Waals surface area contributed by atoms with Gasteiger partial charge in [-0.15, -0.1) is 0 Å². The number of benzene rings is 1. The Balaban J connectivity index is 2.00. The summed E-state index contributed by atoms with van der Waals surface area (Å²) in [6, 6.07) is 8.11. The van der Waals surface area contributed by atoms with Gasteiger partial charge < -0.3 is 9.84 Å². The Morgan fingerprint density at radius 1 is 1.35 bits per heavy atom. The fraction of sp³-hybridized carbons (Fsp3) is 0.333. The van der Waals surface area contributed by atoms with Crippen molar-refractivity contribution >= 4 is 15.8 Å². The molecule has 3 rings (SSSR count). The number of aromatic nitrogens is 2. The van der Waals surface area contributed by atoms with Gasteiger partial charge in [0.2, 0.25) is 0 Å². The van der Waals surface area contributed by atoms with Crippen LogP contribution in [0.15, 0.2) is 30.3 Å². The van der Waals surface area contributed by atoms with Gasteiger partial charge in [-0.05, 0) is 36.8 Å². The van der Waals surface area contributed by atoms with Gasteiger partial charge in [0.25, 0.3) is 0 Å². The average Bonchev–Trinajstić information content (AvgIpc) is 3.11. The first-order valence-electron chi connectivity index (χ1n) is 7.07. The lowest BCUT2D eigenvalue weighted by atomic mass is 10.1. The highest BCUT2D eigenvalue weighted by molar-refractivity contribution is 7.91. The maximum Gasteiger partial charge on any atom is 0.354 e. The molecule has 0 amide bonds. The van der Waals surface area contributed by atoms with Gasteiger partial charge in [0.1, 0.15) is 11.4 Å². The SMILES string of the molecule is COc1ccc(-c2cc(C(=O)O)n([C@H]3CCS(=O)(=O)C3)n2)cc1. The molecule has 0 spiro atoms. The van der Waals surface area contributed by atoms with Crippen molar-refractivity contribution in [1.82, 2.24) is 9.78 Å². The fourth-order valence-corrected chi connectivity index (χ4v) is 4.40. The lowest BCUT2D eigenvalue weighted by Crippen LogP contribution is -2.17. The van der Waals surface area contributed by atoms with Gasteiger partial charge in [0.05, 0.1) is 30.4 Å².